The summed E-state index contributed by atoms with van der Waals surface area (Å²) in [6.07, 6.45) is 6.61. The molecular weight excluding hydrogens is 312 g/mol. The van der Waals surface area contributed by atoms with E-state index in [1.54, 1.807) is 10.5 Å². The van der Waals surface area contributed by atoms with Gasteiger partial charge in [0.15, 0.2) is 0 Å². The van der Waals surface area contributed by atoms with Crippen LogP contribution < -0.4 is 0 Å². The average molecular weight is 334 g/mol. The summed E-state index contributed by atoms with van der Waals surface area (Å²) < 4.78 is 26.7. The Morgan fingerprint density at radius 1 is 1.22 bits per heavy atom. The molecule has 1 saturated heterocycles. The summed E-state index contributed by atoms with van der Waals surface area (Å²) >= 11 is 0. The zero-order valence-corrected chi connectivity index (χ0v) is 14.3. The molecule has 2 aromatic rings. The highest BCUT2D eigenvalue weighted by Crippen LogP contribution is 2.30. The van der Waals surface area contributed by atoms with Crippen molar-refractivity contribution in [1.29, 1.82) is 0 Å². The second-order valence-electron chi connectivity index (χ2n) is 5.94. The largest absolute Gasteiger partial charge is 0.264 e. The second kappa shape index (κ2) is 6.41. The molecule has 1 aliphatic rings. The summed E-state index contributed by atoms with van der Waals surface area (Å²) in [7, 11) is -3.07. The Morgan fingerprint density at radius 2 is 1.96 bits per heavy atom. The first-order valence-corrected chi connectivity index (χ1v) is 9.77. The molecule has 0 aliphatic carbocycles. The van der Waals surface area contributed by atoms with Gasteiger partial charge >= 0.3 is 0 Å². The Bertz CT molecular complexity index is 777. The summed E-state index contributed by atoms with van der Waals surface area (Å²) in [6.45, 7) is 4.05. The molecule has 6 nitrogen and oxygen atoms in total. The Kier molecular flexibility index (Phi) is 4.50. The van der Waals surface area contributed by atoms with Gasteiger partial charge in [-0.05, 0) is 49.4 Å². The number of hydrogen-bond donors (Lipinski definition) is 0. The highest BCUT2D eigenvalue weighted by atomic mass is 32.2. The van der Waals surface area contributed by atoms with Crippen LogP contribution in [0, 0.1) is 0 Å². The summed E-state index contributed by atoms with van der Waals surface area (Å²) in [4.78, 5) is 4.47. The number of aromatic nitrogens is 3. The quantitative estimate of drug-likeness (QED) is 0.859. The van der Waals surface area contributed by atoms with Crippen LogP contribution in [-0.4, -0.2) is 46.8 Å². The molecule has 0 amide bonds. The zero-order valence-electron chi connectivity index (χ0n) is 13.5. The van der Waals surface area contributed by atoms with Gasteiger partial charge in [-0.15, -0.1) is 0 Å². The normalized spacial score (nSPS) is 17.5. The van der Waals surface area contributed by atoms with Crippen LogP contribution >= 0.6 is 0 Å². The van der Waals surface area contributed by atoms with Crippen LogP contribution in [0.25, 0.3) is 11.4 Å². The Hall–Kier alpha value is -1.73. The van der Waals surface area contributed by atoms with Gasteiger partial charge in [-0.1, -0.05) is 0 Å². The van der Waals surface area contributed by atoms with Crippen LogP contribution in [0.15, 0.2) is 30.6 Å². The molecule has 2 aromatic heterocycles. The molecule has 1 aliphatic heterocycles. The van der Waals surface area contributed by atoms with E-state index in [0.29, 0.717) is 19.0 Å². The number of rotatable bonds is 4. The molecule has 1 fully saturated rings. The topological polar surface area (TPSA) is 68.1 Å². The van der Waals surface area contributed by atoms with Crippen LogP contribution in [0.3, 0.4) is 0 Å². The van der Waals surface area contributed by atoms with E-state index in [0.717, 1.165) is 30.8 Å². The molecule has 0 N–H and O–H groups in total. The van der Waals surface area contributed by atoms with Crippen LogP contribution in [0.4, 0.5) is 0 Å². The van der Waals surface area contributed by atoms with E-state index < -0.39 is 10.0 Å². The van der Waals surface area contributed by atoms with Crippen molar-refractivity contribution in [3.8, 4) is 11.4 Å². The molecule has 23 heavy (non-hydrogen) atoms. The fourth-order valence-corrected chi connectivity index (χ4v) is 4.04. The predicted molar refractivity (Wildman–Crippen MR) is 89.5 cm³/mol. The lowest BCUT2D eigenvalue weighted by molar-refractivity contribution is 0.321. The maximum Gasteiger partial charge on any atom is 0.211 e. The van der Waals surface area contributed by atoms with Crippen molar-refractivity contribution in [2.45, 2.75) is 32.2 Å². The van der Waals surface area contributed by atoms with E-state index >= 15 is 0 Å². The molecule has 7 heteroatoms. The van der Waals surface area contributed by atoms with Gasteiger partial charge < -0.3 is 0 Å². The number of pyridine rings is 1. The van der Waals surface area contributed by atoms with Crippen LogP contribution in [0.2, 0.25) is 0 Å². The maximum atomic E-state index is 11.6. The lowest BCUT2D eigenvalue weighted by Crippen LogP contribution is -2.37. The van der Waals surface area contributed by atoms with E-state index in [4.69, 9.17) is 0 Å². The van der Waals surface area contributed by atoms with Crippen molar-refractivity contribution >= 4 is 10.0 Å². The molecule has 124 valence electrons. The molecule has 0 saturated carbocycles. The third-order valence-corrected chi connectivity index (χ3v) is 5.76. The van der Waals surface area contributed by atoms with Gasteiger partial charge in [-0.3, -0.25) is 9.67 Å². The molecular formula is C16H22N4O2S. The van der Waals surface area contributed by atoms with Gasteiger partial charge in [0.25, 0.3) is 0 Å². The number of piperidine rings is 1. The summed E-state index contributed by atoms with van der Waals surface area (Å²) in [5.41, 5.74) is 3.17. The first kappa shape index (κ1) is 16.1. The first-order valence-electron chi connectivity index (χ1n) is 7.92. The minimum absolute atomic E-state index is 0.382. The maximum absolute atomic E-state index is 11.6. The van der Waals surface area contributed by atoms with Gasteiger partial charge in [0.1, 0.15) is 0 Å². The van der Waals surface area contributed by atoms with Gasteiger partial charge in [-0.25, -0.2) is 12.7 Å². The lowest BCUT2D eigenvalue weighted by atomic mass is 9.90. The van der Waals surface area contributed by atoms with Gasteiger partial charge in [0, 0.05) is 32.0 Å². The standard InChI is InChI=1S/C16H22N4O2S/c1-3-20-16(5-9-18-20)15-12-14(4-8-17-15)13-6-10-19(11-7-13)23(2,21)22/h4-5,8-9,12-13H,3,6-7,10-11H2,1-2H3. The highest BCUT2D eigenvalue weighted by molar-refractivity contribution is 7.88. The van der Waals surface area contributed by atoms with Crippen molar-refractivity contribution in [1.82, 2.24) is 19.1 Å². The minimum Gasteiger partial charge on any atom is -0.264 e. The molecule has 3 rings (SSSR count). The fraction of sp³-hybridized carbons (Fsp3) is 0.500. The fourth-order valence-electron chi connectivity index (χ4n) is 3.16. The first-order chi connectivity index (χ1) is 11.0. The predicted octanol–water partition coefficient (Wildman–Crippen LogP) is 2.10. The van der Waals surface area contributed by atoms with Crippen molar-refractivity contribution < 1.29 is 8.42 Å². The van der Waals surface area contributed by atoms with Crippen molar-refractivity contribution in [3.05, 3.63) is 36.2 Å². The molecule has 3 heterocycles. The molecule has 0 atom stereocenters. The number of sulfonamides is 1. The molecule has 0 unspecified atom stereocenters. The Labute approximate surface area is 137 Å². The third-order valence-electron chi connectivity index (χ3n) is 4.46. The smallest absolute Gasteiger partial charge is 0.211 e. The van der Waals surface area contributed by atoms with E-state index in [1.165, 1.54) is 11.8 Å². The van der Waals surface area contributed by atoms with Crippen molar-refractivity contribution in [3.63, 3.8) is 0 Å². The molecule has 0 bridgehead atoms. The van der Waals surface area contributed by atoms with Gasteiger partial charge in [0.2, 0.25) is 10.0 Å². The zero-order chi connectivity index (χ0) is 16.4. The second-order valence-corrected chi connectivity index (χ2v) is 7.93. The minimum atomic E-state index is -3.07. The van der Waals surface area contributed by atoms with E-state index in [9.17, 15) is 8.42 Å². The molecule has 0 radical (unpaired) electrons. The highest BCUT2D eigenvalue weighted by Gasteiger charge is 2.26. The van der Waals surface area contributed by atoms with Crippen molar-refractivity contribution in [2.75, 3.05) is 19.3 Å². The van der Waals surface area contributed by atoms with Crippen LogP contribution in [0.1, 0.15) is 31.2 Å². The molecule has 0 aromatic carbocycles. The number of hydrogen-bond acceptors (Lipinski definition) is 4. The van der Waals surface area contributed by atoms with E-state index in [-0.39, 0.29) is 0 Å². The van der Waals surface area contributed by atoms with Gasteiger partial charge in [0.05, 0.1) is 17.6 Å². The van der Waals surface area contributed by atoms with Crippen LogP contribution in [-0.2, 0) is 16.6 Å². The van der Waals surface area contributed by atoms with Crippen LogP contribution in [0.5, 0.6) is 0 Å². The number of nitrogens with zero attached hydrogens (tertiary/aromatic N) is 4. The van der Waals surface area contributed by atoms with E-state index in [2.05, 4.69) is 23.1 Å². The molecule has 0 spiro atoms. The third kappa shape index (κ3) is 3.45. The van der Waals surface area contributed by atoms with E-state index in [1.807, 2.05) is 23.0 Å². The lowest BCUT2D eigenvalue weighted by Gasteiger charge is -2.30. The SMILES string of the molecule is CCn1nccc1-c1cc(C2CCN(S(C)(=O)=O)CC2)ccn1. The summed E-state index contributed by atoms with van der Waals surface area (Å²) in [5, 5.41) is 4.29. The Balaban J connectivity index is 1.79. The van der Waals surface area contributed by atoms with Crippen molar-refractivity contribution in [2.24, 2.45) is 0 Å². The summed E-state index contributed by atoms with van der Waals surface area (Å²) in [6, 6.07) is 6.13. The average Bonchev–Trinajstić information content (AvgIpc) is 3.03. The number of aryl methyl sites for hydroxylation is 1. The monoisotopic (exact) mass is 334 g/mol. The van der Waals surface area contributed by atoms with Gasteiger partial charge in [-0.2, -0.15) is 5.10 Å². The Morgan fingerprint density at radius 3 is 2.61 bits per heavy atom. The summed E-state index contributed by atoms with van der Waals surface area (Å²) in [5.74, 6) is 0.382.